The summed E-state index contributed by atoms with van der Waals surface area (Å²) in [4.78, 5) is 4.44. The van der Waals surface area contributed by atoms with Crippen molar-refractivity contribution in [1.82, 2.24) is 20.3 Å². The Kier molecular flexibility index (Phi) is 4.53. The number of benzene rings is 2. The zero-order valence-corrected chi connectivity index (χ0v) is 14.4. The first-order chi connectivity index (χ1) is 12.7. The average molecular weight is 365 g/mol. The van der Waals surface area contributed by atoms with Crippen LogP contribution in [-0.2, 0) is 0 Å². The number of nitrogens with zero attached hydrogens (tertiary/aromatic N) is 4. The number of aromatic nitrogens is 4. The van der Waals surface area contributed by atoms with Gasteiger partial charge in [0.25, 0.3) is 5.89 Å². The molecular formula is C18H15N5O2S. The second-order valence-electron chi connectivity index (χ2n) is 5.60. The molecule has 8 heteroatoms. The van der Waals surface area contributed by atoms with Crippen molar-refractivity contribution in [3.05, 3.63) is 59.6 Å². The number of rotatable bonds is 5. The van der Waals surface area contributed by atoms with Gasteiger partial charge in [-0.3, -0.25) is 0 Å². The van der Waals surface area contributed by atoms with Crippen molar-refractivity contribution in [3.63, 3.8) is 0 Å². The quantitative estimate of drug-likeness (QED) is 0.559. The third kappa shape index (κ3) is 3.25. The van der Waals surface area contributed by atoms with Crippen LogP contribution in [0, 0.1) is 0 Å². The average Bonchev–Trinajstić information content (AvgIpc) is 3.38. The molecule has 0 aliphatic carbocycles. The van der Waals surface area contributed by atoms with Crippen LogP contribution in [0.4, 0.5) is 0 Å². The Bertz CT molecular complexity index is 998. The highest BCUT2D eigenvalue weighted by Crippen LogP contribution is 2.28. The van der Waals surface area contributed by atoms with Crippen molar-refractivity contribution in [3.8, 4) is 33.4 Å². The summed E-state index contributed by atoms with van der Waals surface area (Å²) >= 11 is 1.36. The van der Waals surface area contributed by atoms with Crippen LogP contribution in [0.1, 0.15) is 11.0 Å². The summed E-state index contributed by atoms with van der Waals surface area (Å²) in [5.74, 6) is 1.01. The molecule has 2 aromatic carbocycles. The van der Waals surface area contributed by atoms with Crippen LogP contribution in [0.15, 0.2) is 59.1 Å². The van der Waals surface area contributed by atoms with Gasteiger partial charge in [0, 0.05) is 16.7 Å². The van der Waals surface area contributed by atoms with Crippen molar-refractivity contribution < 1.29 is 9.63 Å². The molecular weight excluding hydrogens is 350 g/mol. The van der Waals surface area contributed by atoms with Crippen LogP contribution in [-0.4, -0.2) is 32.1 Å². The summed E-state index contributed by atoms with van der Waals surface area (Å²) in [6.45, 7) is -0.158. The fraction of sp³-hybridized carbons (Fsp3) is 0.111. The van der Waals surface area contributed by atoms with E-state index in [1.165, 1.54) is 11.3 Å². The number of hydrogen-bond donors (Lipinski definition) is 2. The lowest BCUT2D eigenvalue weighted by Crippen LogP contribution is -2.13. The molecule has 1 unspecified atom stereocenters. The van der Waals surface area contributed by atoms with Crippen LogP contribution in [0.3, 0.4) is 0 Å². The van der Waals surface area contributed by atoms with Gasteiger partial charge in [-0.2, -0.15) is 4.98 Å². The lowest BCUT2D eigenvalue weighted by molar-refractivity contribution is 0.267. The van der Waals surface area contributed by atoms with Gasteiger partial charge in [-0.05, 0) is 12.1 Å². The van der Waals surface area contributed by atoms with Crippen molar-refractivity contribution >= 4 is 11.3 Å². The van der Waals surface area contributed by atoms with Crippen molar-refractivity contribution in [1.29, 1.82) is 0 Å². The van der Waals surface area contributed by atoms with E-state index in [2.05, 4.69) is 20.3 Å². The monoisotopic (exact) mass is 365 g/mol. The van der Waals surface area contributed by atoms with Gasteiger partial charge >= 0.3 is 0 Å². The highest BCUT2D eigenvalue weighted by molar-refractivity contribution is 7.14. The maximum Gasteiger partial charge on any atom is 0.258 e. The molecule has 7 nitrogen and oxygen atoms in total. The molecule has 0 amide bonds. The van der Waals surface area contributed by atoms with E-state index in [9.17, 15) is 0 Å². The Hall–Kier alpha value is -2.94. The Morgan fingerprint density at radius 3 is 2.42 bits per heavy atom. The smallest absolute Gasteiger partial charge is 0.258 e. The Balaban J connectivity index is 1.57. The maximum atomic E-state index is 9.11. The van der Waals surface area contributed by atoms with Gasteiger partial charge < -0.3 is 15.4 Å². The minimum Gasteiger partial charge on any atom is -0.394 e. The van der Waals surface area contributed by atoms with E-state index in [1.54, 1.807) is 0 Å². The third-order valence-electron chi connectivity index (χ3n) is 3.79. The summed E-state index contributed by atoms with van der Waals surface area (Å²) in [6.07, 6.45) is 0. The van der Waals surface area contributed by atoms with Crippen LogP contribution in [0.2, 0.25) is 0 Å². The molecule has 4 rings (SSSR count). The maximum absolute atomic E-state index is 9.11. The number of aliphatic hydroxyl groups is 1. The van der Waals surface area contributed by atoms with Crippen LogP contribution < -0.4 is 5.73 Å². The molecule has 0 fully saturated rings. The molecule has 26 heavy (non-hydrogen) atoms. The number of hydrogen-bond acceptors (Lipinski definition) is 8. The SMILES string of the molecule is NC(CO)c1nnc(-c2ccc(-c3noc(-c4ccccc4)n3)cc2)s1. The molecule has 0 aliphatic rings. The van der Waals surface area contributed by atoms with Gasteiger partial charge in [0.1, 0.15) is 10.0 Å². The van der Waals surface area contributed by atoms with Crippen LogP contribution in [0.25, 0.3) is 33.4 Å². The molecule has 0 spiro atoms. The highest BCUT2D eigenvalue weighted by atomic mass is 32.1. The summed E-state index contributed by atoms with van der Waals surface area (Å²) in [7, 11) is 0. The molecule has 2 aromatic heterocycles. The molecule has 1 atom stereocenters. The predicted molar refractivity (Wildman–Crippen MR) is 98.1 cm³/mol. The second-order valence-corrected chi connectivity index (χ2v) is 6.61. The summed E-state index contributed by atoms with van der Waals surface area (Å²) < 4.78 is 5.34. The Morgan fingerprint density at radius 1 is 0.962 bits per heavy atom. The van der Waals surface area contributed by atoms with Gasteiger partial charge in [0.05, 0.1) is 12.6 Å². The van der Waals surface area contributed by atoms with Crippen molar-refractivity contribution in [2.24, 2.45) is 5.73 Å². The van der Waals surface area contributed by atoms with E-state index in [0.717, 1.165) is 21.7 Å². The molecule has 0 saturated heterocycles. The van der Waals surface area contributed by atoms with Crippen LogP contribution in [0.5, 0.6) is 0 Å². The lowest BCUT2D eigenvalue weighted by Gasteiger charge is -2.00. The van der Waals surface area contributed by atoms with Crippen LogP contribution >= 0.6 is 11.3 Å². The van der Waals surface area contributed by atoms with E-state index in [0.29, 0.717) is 16.7 Å². The Labute approximate surface area is 153 Å². The normalized spacial score (nSPS) is 12.2. The lowest BCUT2D eigenvalue weighted by atomic mass is 10.1. The molecule has 0 saturated carbocycles. The summed E-state index contributed by atoms with van der Waals surface area (Å²) in [5, 5.41) is 22.7. The zero-order chi connectivity index (χ0) is 17.9. The topological polar surface area (TPSA) is 111 Å². The summed E-state index contributed by atoms with van der Waals surface area (Å²) in [5.41, 5.74) is 8.40. The van der Waals surface area contributed by atoms with Crippen molar-refractivity contribution in [2.75, 3.05) is 6.61 Å². The zero-order valence-electron chi connectivity index (χ0n) is 13.6. The first-order valence-electron chi connectivity index (χ1n) is 7.94. The van der Waals surface area contributed by atoms with E-state index in [-0.39, 0.29) is 6.61 Å². The van der Waals surface area contributed by atoms with Gasteiger partial charge in [-0.15, -0.1) is 10.2 Å². The fourth-order valence-corrected chi connectivity index (χ4v) is 3.22. The van der Waals surface area contributed by atoms with Gasteiger partial charge in [-0.1, -0.05) is 59.0 Å². The molecule has 2 heterocycles. The molecule has 3 N–H and O–H groups in total. The first kappa shape index (κ1) is 16.5. The molecule has 0 bridgehead atoms. The Morgan fingerprint density at radius 2 is 1.69 bits per heavy atom. The predicted octanol–water partition coefficient (Wildman–Crippen LogP) is 2.91. The molecule has 130 valence electrons. The summed E-state index contributed by atoms with van der Waals surface area (Å²) in [6, 6.07) is 16.8. The van der Waals surface area contributed by atoms with E-state index < -0.39 is 6.04 Å². The van der Waals surface area contributed by atoms with Gasteiger partial charge in [0.15, 0.2) is 0 Å². The molecule has 4 aromatic rings. The second kappa shape index (κ2) is 7.12. The first-order valence-corrected chi connectivity index (χ1v) is 8.76. The third-order valence-corrected chi connectivity index (χ3v) is 4.90. The highest BCUT2D eigenvalue weighted by Gasteiger charge is 2.14. The molecule has 0 aliphatic heterocycles. The van der Waals surface area contributed by atoms with Crippen molar-refractivity contribution in [2.45, 2.75) is 6.04 Å². The van der Waals surface area contributed by atoms with E-state index in [1.807, 2.05) is 54.6 Å². The minimum absolute atomic E-state index is 0.158. The molecule has 0 radical (unpaired) electrons. The number of nitrogens with two attached hydrogens (primary N) is 1. The standard InChI is InChI=1S/C18H15N5O2S/c19-14(10-24)18-22-21-17(26-18)13-8-6-11(7-9-13)15-20-16(25-23-15)12-4-2-1-3-5-12/h1-9,14,24H,10,19H2. The van der Waals surface area contributed by atoms with Gasteiger partial charge in [-0.25, -0.2) is 0 Å². The number of aliphatic hydroxyl groups excluding tert-OH is 1. The van der Waals surface area contributed by atoms with E-state index in [4.69, 9.17) is 15.4 Å². The van der Waals surface area contributed by atoms with E-state index >= 15 is 0 Å². The van der Waals surface area contributed by atoms with Gasteiger partial charge in [0.2, 0.25) is 5.82 Å². The minimum atomic E-state index is -0.503. The largest absolute Gasteiger partial charge is 0.394 e. The fourth-order valence-electron chi connectivity index (χ4n) is 2.38.